The van der Waals surface area contributed by atoms with Crippen molar-refractivity contribution in [2.24, 2.45) is 5.92 Å². The maximum absolute atomic E-state index is 6.11. The summed E-state index contributed by atoms with van der Waals surface area (Å²) in [5, 5.41) is 0.381. The fourth-order valence-electron chi connectivity index (χ4n) is 1.66. The molecule has 0 amide bonds. The molecule has 0 N–H and O–H groups in total. The van der Waals surface area contributed by atoms with Crippen LogP contribution < -0.4 is 0 Å². The summed E-state index contributed by atoms with van der Waals surface area (Å²) in [6, 6.07) is 0. The van der Waals surface area contributed by atoms with Crippen LogP contribution in [0.15, 0.2) is 0 Å². The molecule has 0 heterocycles. The van der Waals surface area contributed by atoms with Gasteiger partial charge in [0.25, 0.3) is 0 Å². The lowest BCUT2D eigenvalue weighted by atomic mass is 10.1. The van der Waals surface area contributed by atoms with E-state index >= 15 is 0 Å². The first-order valence-corrected chi connectivity index (χ1v) is 5.50. The maximum atomic E-state index is 6.11. The molecule has 0 unspecified atom stereocenters. The van der Waals surface area contributed by atoms with E-state index in [1.54, 1.807) is 0 Å². The highest BCUT2D eigenvalue weighted by Crippen LogP contribution is 2.30. The molecular formula is C10H19ClO. The standard InChI is InChI=1S/C10H19ClO/c1-2-3-7-12-8-9-5-4-6-10(9)11/h9-10H,2-8H2,1H3/t9-,10+/m1/s1. The van der Waals surface area contributed by atoms with Crippen LogP contribution in [-0.4, -0.2) is 18.6 Å². The van der Waals surface area contributed by atoms with E-state index in [9.17, 15) is 0 Å². The molecule has 0 saturated heterocycles. The van der Waals surface area contributed by atoms with Crippen molar-refractivity contribution in [1.82, 2.24) is 0 Å². The highest BCUT2D eigenvalue weighted by Gasteiger charge is 2.24. The van der Waals surface area contributed by atoms with Gasteiger partial charge in [0.15, 0.2) is 0 Å². The van der Waals surface area contributed by atoms with E-state index < -0.39 is 0 Å². The lowest BCUT2D eigenvalue weighted by Crippen LogP contribution is -2.14. The Hall–Kier alpha value is 0.250. The minimum absolute atomic E-state index is 0.381. The normalized spacial score (nSPS) is 29.5. The van der Waals surface area contributed by atoms with Gasteiger partial charge in [-0.25, -0.2) is 0 Å². The number of hydrogen-bond acceptors (Lipinski definition) is 1. The number of rotatable bonds is 5. The van der Waals surface area contributed by atoms with Crippen molar-refractivity contribution < 1.29 is 4.74 Å². The molecule has 2 atom stereocenters. The second-order valence-electron chi connectivity index (χ2n) is 3.64. The Labute approximate surface area is 80.4 Å². The van der Waals surface area contributed by atoms with Gasteiger partial charge < -0.3 is 4.74 Å². The molecule has 0 radical (unpaired) electrons. The van der Waals surface area contributed by atoms with Gasteiger partial charge in [-0.1, -0.05) is 19.8 Å². The van der Waals surface area contributed by atoms with Crippen molar-refractivity contribution in [2.75, 3.05) is 13.2 Å². The van der Waals surface area contributed by atoms with Gasteiger partial charge in [0.05, 0.1) is 6.61 Å². The highest BCUT2D eigenvalue weighted by molar-refractivity contribution is 6.20. The van der Waals surface area contributed by atoms with E-state index in [0.29, 0.717) is 11.3 Å². The molecule has 1 nitrogen and oxygen atoms in total. The van der Waals surface area contributed by atoms with Crippen molar-refractivity contribution in [3.05, 3.63) is 0 Å². The molecule has 0 aromatic heterocycles. The first-order valence-electron chi connectivity index (χ1n) is 5.06. The smallest absolute Gasteiger partial charge is 0.0508 e. The van der Waals surface area contributed by atoms with Crippen LogP contribution in [0.2, 0.25) is 0 Å². The zero-order valence-electron chi connectivity index (χ0n) is 7.89. The SMILES string of the molecule is CCCCOC[C@H]1CCC[C@@H]1Cl. The summed E-state index contributed by atoms with van der Waals surface area (Å²) in [6.07, 6.45) is 6.13. The summed E-state index contributed by atoms with van der Waals surface area (Å²) in [5.74, 6) is 0.628. The highest BCUT2D eigenvalue weighted by atomic mass is 35.5. The average molecular weight is 191 g/mol. The predicted molar refractivity (Wildman–Crippen MR) is 52.7 cm³/mol. The largest absolute Gasteiger partial charge is 0.381 e. The van der Waals surface area contributed by atoms with Crippen LogP contribution in [0.5, 0.6) is 0 Å². The first-order chi connectivity index (χ1) is 5.84. The zero-order chi connectivity index (χ0) is 8.81. The topological polar surface area (TPSA) is 9.23 Å². The minimum atomic E-state index is 0.381. The second-order valence-corrected chi connectivity index (χ2v) is 4.20. The molecule has 0 aliphatic heterocycles. The minimum Gasteiger partial charge on any atom is -0.381 e. The van der Waals surface area contributed by atoms with Crippen LogP contribution in [0.25, 0.3) is 0 Å². The van der Waals surface area contributed by atoms with E-state index in [4.69, 9.17) is 16.3 Å². The molecular weight excluding hydrogens is 172 g/mol. The first kappa shape index (κ1) is 10.3. The molecule has 0 bridgehead atoms. The van der Waals surface area contributed by atoms with Gasteiger partial charge in [-0.3, -0.25) is 0 Å². The third-order valence-electron chi connectivity index (χ3n) is 2.54. The third kappa shape index (κ3) is 3.32. The Morgan fingerprint density at radius 1 is 1.42 bits per heavy atom. The lowest BCUT2D eigenvalue weighted by molar-refractivity contribution is 0.0999. The molecule has 1 saturated carbocycles. The molecule has 1 fully saturated rings. The fourth-order valence-corrected chi connectivity index (χ4v) is 2.01. The summed E-state index contributed by atoms with van der Waals surface area (Å²) in [6.45, 7) is 3.98. The van der Waals surface area contributed by atoms with Crippen LogP contribution in [-0.2, 0) is 4.74 Å². The summed E-state index contributed by atoms with van der Waals surface area (Å²) < 4.78 is 5.54. The van der Waals surface area contributed by atoms with Crippen molar-refractivity contribution in [1.29, 1.82) is 0 Å². The van der Waals surface area contributed by atoms with Crippen LogP contribution in [0.1, 0.15) is 39.0 Å². The van der Waals surface area contributed by atoms with Gasteiger partial charge in [0.2, 0.25) is 0 Å². The van der Waals surface area contributed by atoms with Gasteiger partial charge in [0.1, 0.15) is 0 Å². The van der Waals surface area contributed by atoms with Crippen molar-refractivity contribution >= 4 is 11.6 Å². The van der Waals surface area contributed by atoms with Crippen molar-refractivity contribution in [3.8, 4) is 0 Å². The zero-order valence-corrected chi connectivity index (χ0v) is 8.65. The quantitative estimate of drug-likeness (QED) is 0.478. The van der Waals surface area contributed by atoms with Crippen LogP contribution in [0, 0.1) is 5.92 Å². The molecule has 1 rings (SSSR count). The molecule has 1 aliphatic carbocycles. The fraction of sp³-hybridized carbons (Fsp3) is 1.00. The monoisotopic (exact) mass is 190 g/mol. The molecule has 0 spiro atoms. The van der Waals surface area contributed by atoms with Gasteiger partial charge in [-0.05, 0) is 25.2 Å². The van der Waals surface area contributed by atoms with Crippen molar-refractivity contribution in [2.45, 2.75) is 44.4 Å². The molecule has 12 heavy (non-hydrogen) atoms. The van der Waals surface area contributed by atoms with E-state index in [0.717, 1.165) is 13.2 Å². The summed E-state index contributed by atoms with van der Waals surface area (Å²) in [4.78, 5) is 0. The third-order valence-corrected chi connectivity index (χ3v) is 3.12. The Morgan fingerprint density at radius 2 is 2.25 bits per heavy atom. The lowest BCUT2D eigenvalue weighted by Gasteiger charge is -2.13. The summed E-state index contributed by atoms with van der Waals surface area (Å²) >= 11 is 6.11. The summed E-state index contributed by atoms with van der Waals surface area (Å²) in [5.41, 5.74) is 0. The second kappa shape index (κ2) is 5.82. The van der Waals surface area contributed by atoms with Gasteiger partial charge in [-0.2, -0.15) is 0 Å². The Bertz CT molecular complexity index is 116. The number of ether oxygens (including phenoxy) is 1. The number of unbranched alkanes of at least 4 members (excludes halogenated alkanes) is 1. The Morgan fingerprint density at radius 3 is 2.83 bits per heavy atom. The summed E-state index contributed by atoms with van der Waals surface area (Å²) in [7, 11) is 0. The number of hydrogen-bond donors (Lipinski definition) is 0. The number of alkyl halides is 1. The van der Waals surface area contributed by atoms with Crippen LogP contribution in [0.3, 0.4) is 0 Å². The Balaban J connectivity index is 1.98. The molecule has 72 valence electrons. The van der Waals surface area contributed by atoms with Crippen LogP contribution in [0.4, 0.5) is 0 Å². The van der Waals surface area contributed by atoms with Crippen LogP contribution >= 0.6 is 11.6 Å². The van der Waals surface area contributed by atoms with Gasteiger partial charge in [0, 0.05) is 12.0 Å². The van der Waals surface area contributed by atoms with E-state index in [1.807, 2.05) is 0 Å². The van der Waals surface area contributed by atoms with Crippen molar-refractivity contribution in [3.63, 3.8) is 0 Å². The molecule has 0 aromatic carbocycles. The van der Waals surface area contributed by atoms with E-state index in [2.05, 4.69) is 6.92 Å². The Kier molecular flexibility index (Phi) is 5.01. The maximum Gasteiger partial charge on any atom is 0.0508 e. The average Bonchev–Trinajstić information content (AvgIpc) is 2.46. The van der Waals surface area contributed by atoms with Gasteiger partial charge in [-0.15, -0.1) is 11.6 Å². The predicted octanol–water partition coefficient (Wildman–Crippen LogP) is 3.21. The molecule has 2 heteroatoms. The van der Waals surface area contributed by atoms with E-state index in [-0.39, 0.29) is 0 Å². The number of halogens is 1. The van der Waals surface area contributed by atoms with Gasteiger partial charge >= 0.3 is 0 Å². The molecule has 0 aromatic rings. The molecule has 1 aliphatic rings. The van der Waals surface area contributed by atoms with E-state index in [1.165, 1.54) is 32.1 Å².